The zero-order valence-electron chi connectivity index (χ0n) is 18.0. The Morgan fingerprint density at radius 1 is 0.844 bits per heavy atom. The van der Waals surface area contributed by atoms with Crippen LogP contribution in [0.5, 0.6) is 0 Å². The smallest absolute Gasteiger partial charge is 0.196 e. The Kier molecular flexibility index (Phi) is 4.32. The van der Waals surface area contributed by atoms with Crippen LogP contribution in [0.15, 0.2) is 62.5 Å². The van der Waals surface area contributed by atoms with Crippen molar-refractivity contribution in [3.63, 3.8) is 0 Å². The largest absolute Gasteiger partial charge is 0.453 e. The van der Waals surface area contributed by atoms with Crippen molar-refractivity contribution >= 4 is 49.4 Å². The molecule has 1 aliphatic carbocycles. The fourth-order valence-electron chi connectivity index (χ4n) is 5.18. The van der Waals surface area contributed by atoms with E-state index >= 15 is 0 Å². The van der Waals surface area contributed by atoms with Gasteiger partial charge in [-0.05, 0) is 31.4 Å². The monoisotopic (exact) mass is 424 g/mol. The number of H-pyrrole nitrogens is 1. The molecule has 0 unspecified atom stereocenters. The van der Waals surface area contributed by atoms with E-state index in [1.165, 1.54) is 19.3 Å². The number of hydrogen-bond acceptors (Lipinski definition) is 4. The number of anilines is 1. The lowest BCUT2D eigenvalue weighted by Gasteiger charge is -2.24. The van der Waals surface area contributed by atoms with Gasteiger partial charge in [-0.25, -0.2) is 0 Å². The highest BCUT2D eigenvalue weighted by atomic mass is 16.3. The summed E-state index contributed by atoms with van der Waals surface area (Å²) < 4.78 is 6.26. The van der Waals surface area contributed by atoms with Crippen LogP contribution in [0.2, 0.25) is 0 Å². The van der Waals surface area contributed by atoms with Crippen molar-refractivity contribution in [3.8, 4) is 0 Å². The van der Waals surface area contributed by atoms with E-state index in [9.17, 15) is 9.59 Å². The van der Waals surface area contributed by atoms with Crippen molar-refractivity contribution in [2.45, 2.75) is 45.1 Å². The maximum atomic E-state index is 13.7. The van der Waals surface area contributed by atoms with Gasteiger partial charge in [0.05, 0.1) is 27.5 Å². The van der Waals surface area contributed by atoms with Crippen LogP contribution in [0.4, 0.5) is 5.69 Å². The Hall–Kier alpha value is -3.60. The van der Waals surface area contributed by atoms with Crippen molar-refractivity contribution in [2.24, 2.45) is 0 Å². The molecule has 6 rings (SSSR count). The molecule has 1 saturated carbocycles. The minimum absolute atomic E-state index is 0.117. The lowest BCUT2D eigenvalue weighted by Crippen LogP contribution is -2.24. The number of fused-ring (bicyclic) bond motifs is 5. The summed E-state index contributed by atoms with van der Waals surface area (Å²) in [5.41, 5.74) is 4.13. The van der Waals surface area contributed by atoms with Crippen LogP contribution in [0.3, 0.4) is 0 Å². The maximum Gasteiger partial charge on any atom is 0.196 e. The summed E-state index contributed by atoms with van der Waals surface area (Å²) in [6.45, 7) is 1.99. The van der Waals surface area contributed by atoms with Gasteiger partial charge >= 0.3 is 0 Å². The van der Waals surface area contributed by atoms with Crippen LogP contribution in [0.1, 0.15) is 37.7 Å². The van der Waals surface area contributed by atoms with Gasteiger partial charge in [-0.3, -0.25) is 9.59 Å². The van der Waals surface area contributed by atoms with Gasteiger partial charge in [0.1, 0.15) is 0 Å². The van der Waals surface area contributed by atoms with Crippen LogP contribution in [-0.4, -0.2) is 11.0 Å². The molecule has 32 heavy (non-hydrogen) atoms. The van der Waals surface area contributed by atoms with Gasteiger partial charge in [-0.15, -0.1) is 0 Å². The topological polar surface area (TPSA) is 75.1 Å². The summed E-state index contributed by atoms with van der Waals surface area (Å²) in [4.78, 5) is 30.8. The zero-order valence-corrected chi connectivity index (χ0v) is 18.0. The van der Waals surface area contributed by atoms with Crippen molar-refractivity contribution in [1.29, 1.82) is 0 Å². The summed E-state index contributed by atoms with van der Waals surface area (Å²) >= 11 is 0. The van der Waals surface area contributed by atoms with Crippen molar-refractivity contribution in [1.82, 2.24) is 4.98 Å². The molecule has 1 heterocycles. The number of para-hydroxylation sites is 1. The average Bonchev–Trinajstić information content (AvgIpc) is 2.82. The summed E-state index contributed by atoms with van der Waals surface area (Å²) in [6, 6.07) is 15.1. The first-order valence-corrected chi connectivity index (χ1v) is 11.3. The fourth-order valence-corrected chi connectivity index (χ4v) is 5.18. The third-order valence-corrected chi connectivity index (χ3v) is 6.83. The highest BCUT2D eigenvalue weighted by Gasteiger charge is 2.21. The van der Waals surface area contributed by atoms with Gasteiger partial charge in [-0.2, -0.15) is 0 Å². The number of aromatic nitrogens is 1. The van der Waals surface area contributed by atoms with E-state index in [1.807, 2.05) is 37.3 Å². The molecule has 0 amide bonds. The van der Waals surface area contributed by atoms with Gasteiger partial charge in [-0.1, -0.05) is 55.7 Å². The second kappa shape index (κ2) is 7.23. The predicted octanol–water partition coefficient (Wildman–Crippen LogP) is 5.99. The van der Waals surface area contributed by atoms with E-state index < -0.39 is 0 Å². The second-order valence-electron chi connectivity index (χ2n) is 8.91. The third kappa shape index (κ3) is 2.84. The van der Waals surface area contributed by atoms with Gasteiger partial charge < -0.3 is 14.7 Å². The van der Waals surface area contributed by atoms with Crippen LogP contribution < -0.4 is 16.2 Å². The molecule has 4 aromatic carbocycles. The summed E-state index contributed by atoms with van der Waals surface area (Å²) in [5, 5.41) is 5.35. The average molecular weight is 425 g/mol. The number of aromatic amines is 1. The molecule has 0 bridgehead atoms. The number of hydrogen-bond donors (Lipinski definition) is 2. The predicted molar refractivity (Wildman–Crippen MR) is 131 cm³/mol. The minimum Gasteiger partial charge on any atom is -0.453 e. The Bertz CT molecular complexity index is 1640. The molecule has 0 spiro atoms. The Morgan fingerprint density at radius 3 is 2.31 bits per heavy atom. The summed E-state index contributed by atoms with van der Waals surface area (Å²) in [6.07, 6.45) is 5.71. The first kappa shape index (κ1) is 19.1. The molecule has 5 nitrogen and oxygen atoms in total. The van der Waals surface area contributed by atoms with E-state index in [1.54, 1.807) is 18.2 Å². The molecular formula is C27H24N2O3. The molecule has 5 aromatic rings. The highest BCUT2D eigenvalue weighted by Crippen LogP contribution is 2.33. The van der Waals surface area contributed by atoms with Crippen molar-refractivity contribution in [3.05, 3.63) is 74.5 Å². The fraction of sp³-hybridized carbons (Fsp3) is 0.259. The molecule has 2 N–H and O–H groups in total. The van der Waals surface area contributed by atoms with E-state index in [2.05, 4.69) is 10.3 Å². The van der Waals surface area contributed by atoms with Crippen molar-refractivity contribution in [2.75, 3.05) is 5.32 Å². The number of rotatable bonds is 2. The molecular weight excluding hydrogens is 400 g/mol. The van der Waals surface area contributed by atoms with Crippen LogP contribution in [-0.2, 0) is 0 Å². The molecule has 0 atom stereocenters. The molecule has 1 aromatic heterocycles. The van der Waals surface area contributed by atoms with Crippen LogP contribution >= 0.6 is 0 Å². The minimum atomic E-state index is -0.146. The first-order valence-electron chi connectivity index (χ1n) is 11.3. The molecule has 0 saturated heterocycles. The Balaban J connectivity index is 1.78. The quantitative estimate of drug-likeness (QED) is 0.269. The number of nitrogens with one attached hydrogen (secondary N) is 2. The molecule has 0 radical (unpaired) electrons. The lowest BCUT2D eigenvalue weighted by atomic mass is 9.94. The lowest BCUT2D eigenvalue weighted by molar-refractivity contribution is 0.463. The molecule has 1 aliphatic rings. The summed E-state index contributed by atoms with van der Waals surface area (Å²) in [5.74, 6) is 0. The first-order chi connectivity index (χ1) is 15.6. The standard InChI is InChI=1S/C27H24N2O3/c1-15-8-7-13-20-24(15)29-25-21(32-20)14-19(28-16-9-3-2-4-10-16)22-23(25)27(31)18-12-6-5-11-17(18)26(22)30/h5-8,11-14,16,28-29H,2-4,9-10H2,1H3. The van der Waals surface area contributed by atoms with Crippen molar-refractivity contribution < 1.29 is 4.42 Å². The summed E-state index contributed by atoms with van der Waals surface area (Å²) in [7, 11) is 0. The maximum absolute atomic E-state index is 13.7. The highest BCUT2D eigenvalue weighted by molar-refractivity contribution is 6.14. The second-order valence-corrected chi connectivity index (χ2v) is 8.91. The molecule has 0 aliphatic heterocycles. The normalized spacial score (nSPS) is 15.2. The molecule has 160 valence electrons. The van der Waals surface area contributed by atoms with Gasteiger partial charge in [0.25, 0.3) is 0 Å². The third-order valence-electron chi connectivity index (χ3n) is 6.83. The van der Waals surface area contributed by atoms with Gasteiger partial charge in [0.15, 0.2) is 22.0 Å². The van der Waals surface area contributed by atoms with Crippen LogP contribution in [0, 0.1) is 6.92 Å². The zero-order chi connectivity index (χ0) is 21.8. The molecule has 5 heteroatoms. The van der Waals surface area contributed by atoms with Gasteiger partial charge in [0, 0.05) is 22.9 Å². The van der Waals surface area contributed by atoms with Gasteiger partial charge in [0.2, 0.25) is 0 Å². The number of aryl methyl sites for hydroxylation is 1. The van der Waals surface area contributed by atoms with E-state index in [0.717, 1.165) is 29.5 Å². The Morgan fingerprint density at radius 2 is 1.56 bits per heavy atom. The van der Waals surface area contributed by atoms with E-state index in [0.29, 0.717) is 38.3 Å². The Labute approximate surface area is 184 Å². The SMILES string of the molecule is Cc1cccc2oc3cc(NC4CCCCC4)c4c(=O)c5ccccc5c(=O)c4c3[nH]c12. The molecule has 1 fully saturated rings. The number of benzene rings is 4. The van der Waals surface area contributed by atoms with E-state index in [4.69, 9.17) is 4.42 Å². The van der Waals surface area contributed by atoms with E-state index in [-0.39, 0.29) is 16.9 Å². The van der Waals surface area contributed by atoms with Crippen LogP contribution in [0.25, 0.3) is 43.7 Å².